The number of carboxylic acids is 1. The first kappa shape index (κ1) is 19.8. The van der Waals surface area contributed by atoms with E-state index >= 15 is 0 Å². The number of methoxy groups -OCH3 is 2. The minimum Gasteiger partial charge on any atom is -0.545 e. The van der Waals surface area contributed by atoms with Crippen LogP contribution in [0.1, 0.15) is 15.9 Å². The zero-order chi connectivity index (χ0) is 20.4. The van der Waals surface area contributed by atoms with Crippen LogP contribution in [0.3, 0.4) is 0 Å². The molecule has 0 atom stereocenters. The van der Waals surface area contributed by atoms with Gasteiger partial charge >= 0.3 is 0 Å². The number of halogens is 1. The largest absolute Gasteiger partial charge is 0.545 e. The Hall–Kier alpha value is -2.91. The summed E-state index contributed by atoms with van der Waals surface area (Å²) in [4.78, 5) is 25.9. The third-order valence-corrected chi connectivity index (χ3v) is 5.25. The molecule has 0 bridgehead atoms. The standard InChI is InChI=1S/C19H14FNO5S2/c1-25-13-8-3-10(15(18(23)24)16(13)26-2)9-14-17(22)21(19(27)28-14)12-6-4-11(20)5-7-12/h3-9H,1-2H3,(H,23,24)/p-1/b14-9-. The van der Waals surface area contributed by atoms with Crippen molar-refractivity contribution in [2.45, 2.75) is 0 Å². The molecule has 2 aromatic carbocycles. The van der Waals surface area contributed by atoms with E-state index in [-0.39, 0.29) is 31.9 Å². The quantitative estimate of drug-likeness (QED) is 0.546. The molecule has 144 valence electrons. The molecule has 0 aliphatic carbocycles. The number of hydrogen-bond acceptors (Lipinski definition) is 7. The fraction of sp³-hybridized carbons (Fsp3) is 0.105. The summed E-state index contributed by atoms with van der Waals surface area (Å²) in [6.07, 6.45) is 1.40. The van der Waals surface area contributed by atoms with E-state index in [1.165, 1.54) is 61.6 Å². The molecule has 0 saturated carbocycles. The van der Waals surface area contributed by atoms with Gasteiger partial charge in [-0.15, -0.1) is 0 Å². The van der Waals surface area contributed by atoms with Crippen LogP contribution in [0.4, 0.5) is 10.1 Å². The molecule has 1 amide bonds. The van der Waals surface area contributed by atoms with Crippen LogP contribution in [0.2, 0.25) is 0 Å². The van der Waals surface area contributed by atoms with Crippen LogP contribution in [0.25, 0.3) is 6.08 Å². The maximum absolute atomic E-state index is 13.1. The van der Waals surface area contributed by atoms with E-state index in [2.05, 4.69) is 0 Å². The van der Waals surface area contributed by atoms with E-state index in [1.54, 1.807) is 0 Å². The number of amides is 1. The summed E-state index contributed by atoms with van der Waals surface area (Å²) in [5, 5.41) is 11.7. The van der Waals surface area contributed by atoms with Crippen LogP contribution in [-0.2, 0) is 4.79 Å². The van der Waals surface area contributed by atoms with Gasteiger partial charge in [-0.3, -0.25) is 9.69 Å². The minimum atomic E-state index is -1.48. The number of anilines is 1. The van der Waals surface area contributed by atoms with Gasteiger partial charge in [0.1, 0.15) is 5.82 Å². The van der Waals surface area contributed by atoms with Gasteiger partial charge in [-0.05, 0) is 42.0 Å². The van der Waals surface area contributed by atoms with Gasteiger partial charge in [-0.1, -0.05) is 30.0 Å². The molecule has 0 aromatic heterocycles. The summed E-state index contributed by atoms with van der Waals surface area (Å²) in [6.45, 7) is 0. The molecule has 1 saturated heterocycles. The number of rotatable bonds is 5. The van der Waals surface area contributed by atoms with E-state index < -0.39 is 17.7 Å². The van der Waals surface area contributed by atoms with Crippen LogP contribution in [0.5, 0.6) is 11.5 Å². The van der Waals surface area contributed by atoms with Crippen molar-refractivity contribution in [2.75, 3.05) is 19.1 Å². The maximum Gasteiger partial charge on any atom is 0.270 e. The molecule has 6 nitrogen and oxygen atoms in total. The Morgan fingerprint density at radius 3 is 2.43 bits per heavy atom. The van der Waals surface area contributed by atoms with Gasteiger partial charge < -0.3 is 19.4 Å². The number of carboxylic acid groups (broad SMARTS) is 1. The molecule has 9 heteroatoms. The van der Waals surface area contributed by atoms with Gasteiger partial charge in [0.25, 0.3) is 5.91 Å². The molecule has 1 aliphatic heterocycles. The topological polar surface area (TPSA) is 78.9 Å². The predicted octanol–water partition coefficient (Wildman–Crippen LogP) is 2.61. The Morgan fingerprint density at radius 2 is 1.86 bits per heavy atom. The third kappa shape index (κ3) is 3.58. The normalized spacial score (nSPS) is 15.2. The highest BCUT2D eigenvalue weighted by Crippen LogP contribution is 2.39. The maximum atomic E-state index is 13.1. The molecule has 1 aliphatic rings. The number of hydrogen-bond donors (Lipinski definition) is 0. The Kier molecular flexibility index (Phi) is 5.66. The molecule has 0 unspecified atom stereocenters. The summed E-state index contributed by atoms with van der Waals surface area (Å²) in [6, 6.07) is 8.33. The Morgan fingerprint density at radius 1 is 1.18 bits per heavy atom. The van der Waals surface area contributed by atoms with Crippen molar-refractivity contribution in [3.8, 4) is 11.5 Å². The lowest BCUT2D eigenvalue weighted by atomic mass is 10.0. The Labute approximate surface area is 169 Å². The molecule has 3 rings (SSSR count). The van der Waals surface area contributed by atoms with Crippen LogP contribution in [0.15, 0.2) is 41.3 Å². The number of nitrogens with zero attached hydrogens (tertiary/aromatic N) is 1. The number of aromatic carboxylic acids is 1. The Balaban J connectivity index is 2.05. The molecule has 0 N–H and O–H groups in total. The first-order valence-corrected chi connectivity index (χ1v) is 9.09. The van der Waals surface area contributed by atoms with Crippen molar-refractivity contribution < 1.29 is 28.6 Å². The minimum absolute atomic E-state index is 0.00902. The molecule has 28 heavy (non-hydrogen) atoms. The first-order valence-electron chi connectivity index (χ1n) is 7.87. The number of ether oxygens (including phenoxy) is 2. The number of benzene rings is 2. The van der Waals surface area contributed by atoms with Gasteiger partial charge in [-0.25, -0.2) is 4.39 Å². The van der Waals surface area contributed by atoms with Crippen molar-refractivity contribution in [3.05, 3.63) is 58.2 Å². The van der Waals surface area contributed by atoms with E-state index in [0.29, 0.717) is 5.69 Å². The van der Waals surface area contributed by atoms with Crippen LogP contribution < -0.4 is 19.5 Å². The first-order chi connectivity index (χ1) is 13.4. The molecule has 1 heterocycles. The molecular weight excluding hydrogens is 405 g/mol. The lowest BCUT2D eigenvalue weighted by molar-refractivity contribution is -0.255. The monoisotopic (exact) mass is 418 g/mol. The molecule has 0 spiro atoms. The van der Waals surface area contributed by atoms with Gasteiger partial charge in [0, 0.05) is 0 Å². The average Bonchev–Trinajstić information content (AvgIpc) is 2.95. The highest BCUT2D eigenvalue weighted by molar-refractivity contribution is 8.27. The van der Waals surface area contributed by atoms with E-state index in [9.17, 15) is 19.1 Å². The second kappa shape index (κ2) is 7.99. The van der Waals surface area contributed by atoms with Crippen molar-refractivity contribution >= 4 is 51.9 Å². The number of carbonyl (C=O) groups is 2. The number of carbonyl (C=O) groups excluding carboxylic acids is 2. The average molecular weight is 418 g/mol. The molecule has 1 fully saturated rings. The lowest BCUT2D eigenvalue weighted by Crippen LogP contribution is -2.27. The second-order valence-electron chi connectivity index (χ2n) is 5.55. The van der Waals surface area contributed by atoms with Crippen LogP contribution in [0, 0.1) is 5.82 Å². The van der Waals surface area contributed by atoms with E-state index in [4.69, 9.17) is 21.7 Å². The fourth-order valence-corrected chi connectivity index (χ4v) is 3.98. The second-order valence-corrected chi connectivity index (χ2v) is 7.22. The summed E-state index contributed by atoms with van der Waals surface area (Å²) >= 11 is 6.27. The smallest absolute Gasteiger partial charge is 0.270 e. The van der Waals surface area contributed by atoms with Crippen LogP contribution >= 0.6 is 24.0 Å². The summed E-state index contributed by atoms with van der Waals surface area (Å²) in [7, 11) is 2.69. The summed E-state index contributed by atoms with van der Waals surface area (Å²) in [5.41, 5.74) is 0.380. The molecular formula is C19H13FNO5S2-. The number of thioether (sulfide) groups is 1. The highest BCUT2D eigenvalue weighted by Gasteiger charge is 2.33. The summed E-state index contributed by atoms with van der Waals surface area (Å²) in [5.74, 6) is -2.15. The van der Waals surface area contributed by atoms with Crippen molar-refractivity contribution in [1.82, 2.24) is 0 Å². The molecule has 0 radical (unpaired) electrons. The lowest BCUT2D eigenvalue weighted by Gasteiger charge is -2.16. The van der Waals surface area contributed by atoms with Crippen LogP contribution in [-0.4, -0.2) is 30.4 Å². The fourth-order valence-electron chi connectivity index (χ4n) is 2.69. The number of thiocarbonyl (C=S) groups is 1. The SMILES string of the molecule is COc1ccc(/C=C2\SC(=S)N(c3ccc(F)cc3)C2=O)c(C(=O)[O-])c1OC. The van der Waals surface area contributed by atoms with Crippen molar-refractivity contribution in [1.29, 1.82) is 0 Å². The van der Waals surface area contributed by atoms with E-state index in [1.807, 2.05) is 0 Å². The van der Waals surface area contributed by atoms with Crippen molar-refractivity contribution in [3.63, 3.8) is 0 Å². The third-order valence-electron chi connectivity index (χ3n) is 3.95. The highest BCUT2D eigenvalue weighted by atomic mass is 32.2. The zero-order valence-electron chi connectivity index (χ0n) is 14.7. The summed E-state index contributed by atoms with van der Waals surface area (Å²) < 4.78 is 23.6. The molecule has 2 aromatic rings. The Bertz CT molecular complexity index is 1000. The van der Waals surface area contributed by atoms with Gasteiger partial charge in [0.2, 0.25) is 0 Å². The predicted molar refractivity (Wildman–Crippen MR) is 106 cm³/mol. The van der Waals surface area contributed by atoms with Gasteiger partial charge in [-0.2, -0.15) is 0 Å². The zero-order valence-corrected chi connectivity index (χ0v) is 16.4. The van der Waals surface area contributed by atoms with Crippen molar-refractivity contribution in [2.24, 2.45) is 0 Å². The van der Waals surface area contributed by atoms with Gasteiger partial charge in [0.05, 0.1) is 36.3 Å². The van der Waals surface area contributed by atoms with E-state index in [0.717, 1.165) is 11.8 Å². The van der Waals surface area contributed by atoms with Gasteiger partial charge in [0.15, 0.2) is 15.8 Å².